The average molecular weight is 295 g/mol. The Kier molecular flexibility index (Phi) is 5.70. The second-order valence-corrected chi connectivity index (χ2v) is 5.57. The Labute approximate surface area is 124 Å². The molecule has 21 heavy (non-hydrogen) atoms. The summed E-state index contributed by atoms with van der Waals surface area (Å²) in [6, 6.07) is 4.53. The molecule has 0 radical (unpaired) electrons. The standard InChI is InChI=1S/C16H22FNO3/c1-21-16(20)14-6-5-11(7-15(14)17)8-18-9-12-3-2-4-13(12)10-19/h5-7,12-13,18-19H,2-4,8-10H2,1H3. The summed E-state index contributed by atoms with van der Waals surface area (Å²) in [5.41, 5.74) is 0.746. The summed E-state index contributed by atoms with van der Waals surface area (Å²) in [5.74, 6) is -0.343. The highest BCUT2D eigenvalue weighted by atomic mass is 19.1. The molecule has 2 N–H and O–H groups in total. The largest absolute Gasteiger partial charge is 0.465 e. The van der Waals surface area contributed by atoms with Gasteiger partial charge < -0.3 is 15.2 Å². The summed E-state index contributed by atoms with van der Waals surface area (Å²) in [6.45, 7) is 1.62. The smallest absolute Gasteiger partial charge is 0.340 e. The van der Waals surface area contributed by atoms with Crippen molar-refractivity contribution in [2.24, 2.45) is 11.8 Å². The summed E-state index contributed by atoms with van der Waals surface area (Å²) in [6.07, 6.45) is 3.39. The Morgan fingerprint density at radius 3 is 2.86 bits per heavy atom. The van der Waals surface area contributed by atoms with Gasteiger partial charge in [-0.1, -0.05) is 12.5 Å². The highest BCUT2D eigenvalue weighted by Gasteiger charge is 2.25. The van der Waals surface area contributed by atoms with E-state index < -0.39 is 11.8 Å². The van der Waals surface area contributed by atoms with E-state index in [0.717, 1.165) is 24.9 Å². The van der Waals surface area contributed by atoms with E-state index in [4.69, 9.17) is 0 Å². The number of methoxy groups -OCH3 is 1. The fourth-order valence-electron chi connectivity index (χ4n) is 2.97. The first kappa shape index (κ1) is 15.9. The van der Waals surface area contributed by atoms with Crippen LogP contribution >= 0.6 is 0 Å². The number of esters is 1. The summed E-state index contributed by atoms with van der Waals surface area (Å²) < 4.78 is 18.3. The van der Waals surface area contributed by atoms with Crippen molar-refractivity contribution in [1.29, 1.82) is 0 Å². The van der Waals surface area contributed by atoms with Crippen LogP contribution in [0.15, 0.2) is 18.2 Å². The second-order valence-electron chi connectivity index (χ2n) is 5.57. The SMILES string of the molecule is COC(=O)c1ccc(CNCC2CCCC2CO)cc1F. The van der Waals surface area contributed by atoms with Crippen molar-refractivity contribution in [3.8, 4) is 0 Å². The number of benzene rings is 1. The van der Waals surface area contributed by atoms with E-state index in [1.54, 1.807) is 6.07 Å². The predicted molar refractivity (Wildman–Crippen MR) is 77.4 cm³/mol. The first-order valence-corrected chi connectivity index (χ1v) is 7.34. The molecule has 0 spiro atoms. The van der Waals surface area contributed by atoms with Crippen molar-refractivity contribution < 1.29 is 19.0 Å². The first-order valence-electron chi connectivity index (χ1n) is 7.34. The van der Waals surface area contributed by atoms with Crippen LogP contribution in [0.2, 0.25) is 0 Å². The lowest BCUT2D eigenvalue weighted by atomic mass is 9.97. The number of rotatable bonds is 6. The Hall–Kier alpha value is -1.46. The average Bonchev–Trinajstić information content (AvgIpc) is 2.94. The third-order valence-electron chi connectivity index (χ3n) is 4.23. The Morgan fingerprint density at radius 1 is 1.43 bits per heavy atom. The van der Waals surface area contributed by atoms with Crippen LogP contribution in [0, 0.1) is 17.7 Å². The molecular weight excluding hydrogens is 273 g/mol. The molecule has 1 fully saturated rings. The fourth-order valence-corrected chi connectivity index (χ4v) is 2.97. The number of carbonyl (C=O) groups is 1. The molecule has 1 aliphatic carbocycles. The van der Waals surface area contributed by atoms with Gasteiger partial charge in [-0.15, -0.1) is 0 Å². The van der Waals surface area contributed by atoms with Crippen LogP contribution in [-0.2, 0) is 11.3 Å². The Balaban J connectivity index is 1.86. The van der Waals surface area contributed by atoms with E-state index in [9.17, 15) is 14.3 Å². The summed E-state index contributed by atoms with van der Waals surface area (Å²) >= 11 is 0. The molecule has 2 rings (SSSR count). The quantitative estimate of drug-likeness (QED) is 0.789. The van der Waals surface area contributed by atoms with Crippen molar-refractivity contribution in [3.05, 3.63) is 35.1 Å². The van der Waals surface area contributed by atoms with Crippen molar-refractivity contribution in [2.75, 3.05) is 20.3 Å². The van der Waals surface area contributed by atoms with Crippen LogP contribution < -0.4 is 5.32 Å². The number of aliphatic hydroxyl groups is 1. The molecule has 0 saturated heterocycles. The van der Waals surface area contributed by atoms with E-state index in [1.165, 1.54) is 25.7 Å². The number of ether oxygens (including phenoxy) is 1. The number of halogens is 1. The summed E-state index contributed by atoms with van der Waals surface area (Å²) in [4.78, 5) is 11.3. The first-order chi connectivity index (χ1) is 10.2. The number of carbonyl (C=O) groups excluding carboxylic acids is 1. The van der Waals surface area contributed by atoms with Crippen molar-refractivity contribution in [3.63, 3.8) is 0 Å². The number of nitrogens with one attached hydrogen (secondary N) is 1. The molecule has 0 heterocycles. The van der Waals surface area contributed by atoms with E-state index >= 15 is 0 Å². The number of hydrogen-bond acceptors (Lipinski definition) is 4. The highest BCUT2D eigenvalue weighted by molar-refractivity contribution is 5.89. The van der Waals surface area contributed by atoms with Crippen molar-refractivity contribution in [1.82, 2.24) is 5.32 Å². The molecule has 1 saturated carbocycles. The molecular formula is C16H22FNO3. The number of hydrogen-bond donors (Lipinski definition) is 2. The second kappa shape index (κ2) is 7.52. The van der Waals surface area contributed by atoms with E-state index in [1.807, 2.05) is 0 Å². The zero-order valence-electron chi connectivity index (χ0n) is 12.3. The lowest BCUT2D eigenvalue weighted by Gasteiger charge is -2.17. The van der Waals surface area contributed by atoms with Crippen molar-refractivity contribution >= 4 is 5.97 Å². The molecule has 0 amide bonds. The molecule has 116 valence electrons. The van der Waals surface area contributed by atoms with Gasteiger partial charge in [0.2, 0.25) is 0 Å². The lowest BCUT2D eigenvalue weighted by molar-refractivity contribution is 0.0595. The van der Waals surface area contributed by atoms with Crippen LogP contribution in [0.4, 0.5) is 4.39 Å². The minimum absolute atomic E-state index is 0.0441. The Bertz CT molecular complexity index is 492. The highest BCUT2D eigenvalue weighted by Crippen LogP contribution is 2.30. The molecule has 2 unspecified atom stereocenters. The fraction of sp³-hybridized carbons (Fsp3) is 0.562. The third-order valence-corrected chi connectivity index (χ3v) is 4.23. The summed E-state index contributed by atoms with van der Waals surface area (Å²) in [5, 5.41) is 12.6. The number of aliphatic hydroxyl groups excluding tert-OH is 1. The van der Waals surface area contributed by atoms with Gasteiger partial charge in [0.15, 0.2) is 0 Å². The maximum Gasteiger partial charge on any atom is 0.340 e. The predicted octanol–water partition coefficient (Wildman–Crippen LogP) is 2.11. The molecule has 0 aromatic heterocycles. The van der Waals surface area contributed by atoms with E-state index in [2.05, 4.69) is 10.1 Å². The van der Waals surface area contributed by atoms with Crippen LogP contribution in [0.5, 0.6) is 0 Å². The van der Waals surface area contributed by atoms with Gasteiger partial charge in [0.05, 0.1) is 12.7 Å². The van der Waals surface area contributed by atoms with Crippen LogP contribution in [0.1, 0.15) is 35.2 Å². The van der Waals surface area contributed by atoms with Gasteiger partial charge in [-0.05, 0) is 48.9 Å². The third kappa shape index (κ3) is 4.02. The summed E-state index contributed by atoms with van der Waals surface area (Å²) in [7, 11) is 1.23. The molecule has 0 aliphatic heterocycles. The van der Waals surface area contributed by atoms with Gasteiger partial charge in [0, 0.05) is 13.2 Å². The molecule has 5 heteroatoms. The zero-order chi connectivity index (χ0) is 15.2. The zero-order valence-corrected chi connectivity index (χ0v) is 12.3. The van der Waals surface area contributed by atoms with Gasteiger partial charge in [-0.25, -0.2) is 9.18 Å². The van der Waals surface area contributed by atoms with Gasteiger partial charge in [-0.3, -0.25) is 0 Å². The lowest BCUT2D eigenvalue weighted by Crippen LogP contribution is -2.26. The minimum Gasteiger partial charge on any atom is -0.465 e. The molecule has 1 aliphatic rings. The molecule has 1 aromatic rings. The molecule has 0 bridgehead atoms. The van der Waals surface area contributed by atoms with Gasteiger partial charge >= 0.3 is 5.97 Å². The van der Waals surface area contributed by atoms with Crippen LogP contribution in [-0.4, -0.2) is 31.3 Å². The monoisotopic (exact) mass is 295 g/mol. The minimum atomic E-state index is -0.663. The normalized spacial score (nSPS) is 21.5. The maximum absolute atomic E-state index is 13.8. The molecule has 2 atom stereocenters. The van der Waals surface area contributed by atoms with E-state index in [0.29, 0.717) is 18.4 Å². The molecule has 4 nitrogen and oxygen atoms in total. The molecule has 1 aromatic carbocycles. The maximum atomic E-state index is 13.8. The van der Waals surface area contributed by atoms with Gasteiger partial charge in [-0.2, -0.15) is 0 Å². The van der Waals surface area contributed by atoms with Crippen LogP contribution in [0.3, 0.4) is 0 Å². The topological polar surface area (TPSA) is 58.6 Å². The van der Waals surface area contributed by atoms with Crippen molar-refractivity contribution in [2.45, 2.75) is 25.8 Å². The van der Waals surface area contributed by atoms with Crippen LogP contribution in [0.25, 0.3) is 0 Å². The van der Waals surface area contributed by atoms with E-state index in [-0.39, 0.29) is 12.2 Å². The van der Waals surface area contributed by atoms with Gasteiger partial charge in [0.1, 0.15) is 5.82 Å². The Morgan fingerprint density at radius 2 is 2.19 bits per heavy atom. The van der Waals surface area contributed by atoms with Gasteiger partial charge in [0.25, 0.3) is 0 Å².